The number of methoxy groups -OCH3 is 1. The molecule has 2 heterocycles. The monoisotopic (exact) mass is 366 g/mol. The van der Waals surface area contributed by atoms with E-state index >= 15 is 0 Å². The molecule has 1 aliphatic rings. The SMILES string of the molecule is COc1cc(N[C@@H]2CC(=O)N(Cc3ccccc3C(F)(F)F)C2)ncn1. The molecule has 1 atom stereocenters. The van der Waals surface area contributed by atoms with Crippen LogP contribution < -0.4 is 10.1 Å². The summed E-state index contributed by atoms with van der Waals surface area (Å²) in [5.41, 5.74) is -0.637. The average molecular weight is 366 g/mol. The standard InChI is InChI=1S/C17H17F3N4O2/c1-26-15-7-14(21-10-22-15)23-12-6-16(25)24(9-12)8-11-4-2-3-5-13(11)17(18,19)20/h2-5,7,10,12H,6,8-9H2,1H3,(H,21,22,23)/t12-/m1/s1. The molecule has 0 radical (unpaired) electrons. The van der Waals surface area contributed by atoms with Crippen molar-refractivity contribution >= 4 is 11.7 Å². The second-order valence-corrected chi connectivity index (χ2v) is 5.92. The van der Waals surface area contributed by atoms with Crippen LogP contribution in [0, 0.1) is 0 Å². The van der Waals surface area contributed by atoms with Crippen LogP contribution in [0.25, 0.3) is 0 Å². The summed E-state index contributed by atoms with van der Waals surface area (Å²) in [4.78, 5) is 21.6. The molecule has 0 aliphatic carbocycles. The number of rotatable bonds is 5. The van der Waals surface area contributed by atoms with Gasteiger partial charge in [0.05, 0.1) is 18.7 Å². The first-order chi connectivity index (χ1) is 12.4. The zero-order chi connectivity index (χ0) is 18.7. The van der Waals surface area contributed by atoms with Gasteiger partial charge in [0.2, 0.25) is 11.8 Å². The molecule has 3 rings (SSSR count). The highest BCUT2D eigenvalue weighted by molar-refractivity contribution is 5.80. The molecule has 0 spiro atoms. The number of nitrogens with one attached hydrogen (secondary N) is 1. The van der Waals surface area contributed by atoms with E-state index in [2.05, 4.69) is 15.3 Å². The van der Waals surface area contributed by atoms with Crippen LogP contribution in [0.5, 0.6) is 5.88 Å². The van der Waals surface area contributed by atoms with Crippen LogP contribution in [0.2, 0.25) is 0 Å². The topological polar surface area (TPSA) is 67.3 Å². The molecule has 2 aromatic rings. The number of amides is 1. The summed E-state index contributed by atoms with van der Waals surface area (Å²) in [7, 11) is 1.48. The van der Waals surface area contributed by atoms with Crippen molar-refractivity contribution in [3.05, 3.63) is 47.8 Å². The highest BCUT2D eigenvalue weighted by Gasteiger charge is 2.35. The lowest BCUT2D eigenvalue weighted by Gasteiger charge is -2.20. The normalized spacial score (nSPS) is 17.5. The van der Waals surface area contributed by atoms with Crippen molar-refractivity contribution in [3.8, 4) is 5.88 Å². The number of alkyl halides is 3. The molecule has 26 heavy (non-hydrogen) atoms. The van der Waals surface area contributed by atoms with Crippen molar-refractivity contribution in [2.75, 3.05) is 19.0 Å². The van der Waals surface area contributed by atoms with Crippen LogP contribution in [0.3, 0.4) is 0 Å². The van der Waals surface area contributed by atoms with E-state index < -0.39 is 11.7 Å². The Kier molecular flexibility index (Phi) is 4.97. The summed E-state index contributed by atoms with van der Waals surface area (Å²) < 4.78 is 44.4. The molecule has 1 amide bonds. The number of benzene rings is 1. The maximum absolute atomic E-state index is 13.1. The maximum Gasteiger partial charge on any atom is 0.416 e. The van der Waals surface area contributed by atoms with E-state index in [0.29, 0.717) is 11.7 Å². The molecular weight excluding hydrogens is 349 g/mol. The Morgan fingerprint density at radius 2 is 2.08 bits per heavy atom. The quantitative estimate of drug-likeness (QED) is 0.881. The molecule has 1 aromatic heterocycles. The van der Waals surface area contributed by atoms with Crippen LogP contribution in [-0.2, 0) is 17.5 Å². The minimum Gasteiger partial charge on any atom is -0.481 e. The molecule has 0 unspecified atom stereocenters. The predicted molar refractivity (Wildman–Crippen MR) is 87.5 cm³/mol. The zero-order valence-electron chi connectivity index (χ0n) is 14.0. The third-order valence-electron chi connectivity index (χ3n) is 4.10. The molecule has 138 valence electrons. The van der Waals surface area contributed by atoms with E-state index in [1.807, 2.05) is 0 Å². The van der Waals surface area contributed by atoms with Crippen molar-refractivity contribution in [2.45, 2.75) is 25.2 Å². The maximum atomic E-state index is 13.1. The largest absolute Gasteiger partial charge is 0.481 e. The molecule has 1 fully saturated rings. The number of aromatic nitrogens is 2. The number of anilines is 1. The van der Waals surface area contributed by atoms with Gasteiger partial charge in [0, 0.05) is 25.6 Å². The third-order valence-corrected chi connectivity index (χ3v) is 4.10. The highest BCUT2D eigenvalue weighted by atomic mass is 19.4. The Balaban J connectivity index is 1.69. The third kappa shape index (κ3) is 4.04. The van der Waals surface area contributed by atoms with E-state index in [0.717, 1.165) is 6.07 Å². The van der Waals surface area contributed by atoms with E-state index in [1.54, 1.807) is 6.07 Å². The van der Waals surface area contributed by atoms with E-state index in [1.165, 1.54) is 36.5 Å². The summed E-state index contributed by atoms with van der Waals surface area (Å²) in [5.74, 6) is 0.662. The molecule has 1 aliphatic heterocycles. The van der Waals surface area contributed by atoms with Gasteiger partial charge < -0.3 is 15.0 Å². The lowest BCUT2D eigenvalue weighted by atomic mass is 10.1. The Morgan fingerprint density at radius 3 is 2.81 bits per heavy atom. The number of hydrogen-bond donors (Lipinski definition) is 1. The number of halogens is 3. The van der Waals surface area contributed by atoms with E-state index in [-0.39, 0.29) is 37.0 Å². The Hall–Kier alpha value is -2.84. The molecule has 9 heteroatoms. The summed E-state index contributed by atoms with van der Waals surface area (Å²) in [6.07, 6.45) is -2.94. The summed E-state index contributed by atoms with van der Waals surface area (Å²) >= 11 is 0. The number of hydrogen-bond acceptors (Lipinski definition) is 5. The second kappa shape index (κ2) is 7.19. The zero-order valence-corrected chi connectivity index (χ0v) is 14.0. The van der Waals surface area contributed by atoms with Gasteiger partial charge in [-0.15, -0.1) is 0 Å². The Bertz CT molecular complexity index is 798. The molecule has 1 N–H and O–H groups in total. The van der Waals surface area contributed by atoms with Gasteiger partial charge in [-0.3, -0.25) is 4.79 Å². The summed E-state index contributed by atoms with van der Waals surface area (Å²) in [5, 5.41) is 3.09. The van der Waals surface area contributed by atoms with Gasteiger partial charge in [-0.05, 0) is 11.6 Å². The summed E-state index contributed by atoms with van der Waals surface area (Å²) in [6.45, 7) is 0.205. The van der Waals surface area contributed by atoms with Crippen molar-refractivity contribution in [2.24, 2.45) is 0 Å². The number of ether oxygens (including phenoxy) is 1. The lowest BCUT2D eigenvalue weighted by Crippen LogP contribution is -2.28. The molecule has 1 saturated heterocycles. The highest BCUT2D eigenvalue weighted by Crippen LogP contribution is 2.33. The molecule has 1 aromatic carbocycles. The van der Waals surface area contributed by atoms with Gasteiger partial charge in [0.15, 0.2) is 0 Å². The van der Waals surface area contributed by atoms with Crippen molar-refractivity contribution in [3.63, 3.8) is 0 Å². The lowest BCUT2D eigenvalue weighted by molar-refractivity contribution is -0.139. The van der Waals surface area contributed by atoms with Gasteiger partial charge in [-0.2, -0.15) is 13.2 Å². The second-order valence-electron chi connectivity index (χ2n) is 5.92. The van der Waals surface area contributed by atoms with Crippen molar-refractivity contribution in [1.29, 1.82) is 0 Å². The van der Waals surface area contributed by atoms with Crippen LogP contribution in [-0.4, -0.2) is 40.5 Å². The van der Waals surface area contributed by atoms with Crippen LogP contribution in [0.4, 0.5) is 19.0 Å². The van der Waals surface area contributed by atoms with Gasteiger partial charge in [0.1, 0.15) is 12.1 Å². The predicted octanol–water partition coefficient (Wildman–Crippen LogP) is 2.72. The number of carbonyl (C=O) groups is 1. The van der Waals surface area contributed by atoms with Gasteiger partial charge in [-0.1, -0.05) is 18.2 Å². The molecule has 0 saturated carbocycles. The first-order valence-corrected chi connectivity index (χ1v) is 7.92. The van der Waals surface area contributed by atoms with Crippen LogP contribution in [0.1, 0.15) is 17.5 Å². The first kappa shape index (κ1) is 18.0. The van der Waals surface area contributed by atoms with Crippen LogP contribution in [0.15, 0.2) is 36.7 Å². The van der Waals surface area contributed by atoms with Crippen LogP contribution >= 0.6 is 0 Å². The van der Waals surface area contributed by atoms with Gasteiger partial charge in [0.25, 0.3) is 0 Å². The molecular formula is C17H17F3N4O2. The van der Waals surface area contributed by atoms with Gasteiger partial charge in [-0.25, -0.2) is 9.97 Å². The minimum atomic E-state index is -4.45. The number of nitrogens with zero attached hydrogens (tertiary/aromatic N) is 3. The van der Waals surface area contributed by atoms with Crippen molar-refractivity contribution < 1.29 is 22.7 Å². The summed E-state index contributed by atoms with van der Waals surface area (Å²) in [6, 6.07) is 6.64. The van der Waals surface area contributed by atoms with Gasteiger partial charge >= 0.3 is 6.18 Å². The minimum absolute atomic E-state index is 0.0812. The fourth-order valence-corrected chi connectivity index (χ4v) is 2.90. The first-order valence-electron chi connectivity index (χ1n) is 7.92. The van der Waals surface area contributed by atoms with E-state index in [9.17, 15) is 18.0 Å². The Morgan fingerprint density at radius 1 is 1.31 bits per heavy atom. The smallest absolute Gasteiger partial charge is 0.416 e. The fraction of sp³-hybridized carbons (Fsp3) is 0.353. The van der Waals surface area contributed by atoms with E-state index in [4.69, 9.17) is 4.74 Å². The average Bonchev–Trinajstić information content (AvgIpc) is 2.93. The molecule has 0 bridgehead atoms. The Labute approximate surface area is 148 Å². The van der Waals surface area contributed by atoms with Crippen molar-refractivity contribution in [1.82, 2.24) is 14.9 Å². The fourth-order valence-electron chi connectivity index (χ4n) is 2.90. The number of likely N-dealkylation sites (tertiary alicyclic amines) is 1. The molecule has 6 nitrogen and oxygen atoms in total. The number of carbonyl (C=O) groups excluding carboxylic acids is 1.